The minimum atomic E-state index is -0.771. The maximum Gasteiger partial charge on any atom is 0.274 e. The van der Waals surface area contributed by atoms with E-state index >= 15 is 0 Å². The Labute approximate surface area is 166 Å². The Morgan fingerprint density at radius 2 is 1.68 bits per heavy atom. The molecule has 6 nitrogen and oxygen atoms in total. The van der Waals surface area contributed by atoms with Gasteiger partial charge in [0.1, 0.15) is 16.5 Å². The largest absolute Gasteiger partial charge is 0.274 e. The fraction of sp³-hybridized carbons (Fsp3) is 0.150. The molecule has 0 aliphatic carbocycles. The second kappa shape index (κ2) is 8.22. The van der Waals surface area contributed by atoms with Crippen LogP contribution in [0, 0.1) is 19.7 Å². The lowest BCUT2D eigenvalue weighted by Crippen LogP contribution is -2.42. The van der Waals surface area contributed by atoms with E-state index in [4.69, 9.17) is 11.6 Å². The van der Waals surface area contributed by atoms with Crippen LogP contribution in [0.25, 0.3) is 0 Å². The normalized spacial score (nSPS) is 10.6. The van der Waals surface area contributed by atoms with Crippen LogP contribution in [-0.2, 0) is 6.54 Å². The van der Waals surface area contributed by atoms with Crippen molar-refractivity contribution >= 4 is 23.4 Å². The van der Waals surface area contributed by atoms with Gasteiger partial charge in [-0.15, -0.1) is 0 Å². The van der Waals surface area contributed by atoms with Gasteiger partial charge in [-0.2, -0.15) is 5.10 Å². The molecule has 0 atom stereocenters. The number of benzene rings is 2. The first-order chi connectivity index (χ1) is 13.4. The summed E-state index contributed by atoms with van der Waals surface area (Å²) in [5, 5.41) is 4.45. The lowest BCUT2D eigenvalue weighted by molar-refractivity contribution is 0.0844. The highest BCUT2D eigenvalue weighted by atomic mass is 35.5. The van der Waals surface area contributed by atoms with E-state index in [1.165, 1.54) is 22.9 Å². The molecule has 0 unspecified atom stereocenters. The summed E-state index contributed by atoms with van der Waals surface area (Å²) in [5.74, 6) is -2.09. The number of hydrazine groups is 1. The fourth-order valence-electron chi connectivity index (χ4n) is 2.67. The van der Waals surface area contributed by atoms with Crippen molar-refractivity contribution in [3.63, 3.8) is 0 Å². The molecule has 1 heterocycles. The van der Waals surface area contributed by atoms with Gasteiger partial charge in [-0.1, -0.05) is 53.6 Å². The third kappa shape index (κ3) is 4.20. The standard InChI is InChI=1S/C20H18ClFN4O2/c1-12-7-9-14(10-8-12)11-26-18(21)17(13(2)25-26)20(28)24-23-19(27)15-5-3-4-6-16(15)22/h3-10H,11H2,1-2H3,(H,23,27)(H,24,28). The first-order valence-electron chi connectivity index (χ1n) is 8.50. The Morgan fingerprint density at radius 3 is 2.36 bits per heavy atom. The van der Waals surface area contributed by atoms with Gasteiger partial charge in [-0.3, -0.25) is 20.4 Å². The summed E-state index contributed by atoms with van der Waals surface area (Å²) in [6, 6.07) is 13.3. The zero-order valence-electron chi connectivity index (χ0n) is 15.3. The van der Waals surface area contributed by atoms with Crippen molar-refractivity contribution in [3.8, 4) is 0 Å². The lowest BCUT2D eigenvalue weighted by Gasteiger charge is -2.08. The van der Waals surface area contributed by atoms with E-state index in [1.807, 2.05) is 31.2 Å². The van der Waals surface area contributed by atoms with E-state index in [0.717, 1.165) is 17.2 Å². The van der Waals surface area contributed by atoms with Crippen molar-refractivity contribution in [1.29, 1.82) is 0 Å². The maximum absolute atomic E-state index is 13.6. The molecule has 28 heavy (non-hydrogen) atoms. The molecule has 2 aromatic carbocycles. The third-order valence-electron chi connectivity index (χ3n) is 4.15. The van der Waals surface area contributed by atoms with Crippen LogP contribution in [0.4, 0.5) is 4.39 Å². The van der Waals surface area contributed by atoms with Crippen molar-refractivity contribution < 1.29 is 14.0 Å². The molecule has 2 N–H and O–H groups in total. The first-order valence-corrected chi connectivity index (χ1v) is 8.88. The average molecular weight is 401 g/mol. The molecule has 0 fully saturated rings. The minimum absolute atomic E-state index is 0.141. The maximum atomic E-state index is 13.6. The lowest BCUT2D eigenvalue weighted by atomic mass is 10.1. The summed E-state index contributed by atoms with van der Waals surface area (Å²) in [6.45, 7) is 4.03. The molecule has 0 bridgehead atoms. The topological polar surface area (TPSA) is 76.0 Å². The van der Waals surface area contributed by atoms with Gasteiger partial charge in [0.25, 0.3) is 11.8 Å². The Hall–Kier alpha value is -3.19. The number of halogens is 2. The highest BCUT2D eigenvalue weighted by molar-refractivity contribution is 6.33. The number of amides is 2. The van der Waals surface area contributed by atoms with E-state index in [-0.39, 0.29) is 16.3 Å². The highest BCUT2D eigenvalue weighted by Crippen LogP contribution is 2.21. The van der Waals surface area contributed by atoms with Gasteiger partial charge in [-0.25, -0.2) is 9.07 Å². The third-order valence-corrected chi connectivity index (χ3v) is 4.54. The number of rotatable bonds is 4. The van der Waals surface area contributed by atoms with E-state index in [1.54, 1.807) is 6.92 Å². The zero-order valence-corrected chi connectivity index (χ0v) is 16.0. The number of hydrogen-bond acceptors (Lipinski definition) is 3. The molecule has 3 aromatic rings. The molecule has 0 spiro atoms. The molecule has 2 amide bonds. The molecule has 8 heteroatoms. The molecule has 144 valence electrons. The van der Waals surface area contributed by atoms with E-state index in [0.29, 0.717) is 12.2 Å². The number of carbonyl (C=O) groups excluding carboxylic acids is 2. The SMILES string of the molecule is Cc1ccc(Cn2nc(C)c(C(=O)NNC(=O)c3ccccc3F)c2Cl)cc1. The van der Waals surface area contributed by atoms with Crippen LogP contribution in [0.3, 0.4) is 0 Å². The van der Waals surface area contributed by atoms with Crippen molar-refractivity contribution in [2.75, 3.05) is 0 Å². The minimum Gasteiger partial charge on any atom is -0.267 e. The summed E-state index contributed by atoms with van der Waals surface area (Å²) in [6.07, 6.45) is 0. The van der Waals surface area contributed by atoms with Gasteiger partial charge in [0.15, 0.2) is 0 Å². The monoisotopic (exact) mass is 400 g/mol. The summed E-state index contributed by atoms with van der Waals surface area (Å²) in [4.78, 5) is 24.5. The molecule has 1 aromatic heterocycles. The predicted molar refractivity (Wildman–Crippen MR) is 104 cm³/mol. The van der Waals surface area contributed by atoms with Gasteiger partial charge < -0.3 is 0 Å². The molecule has 0 saturated heterocycles. The number of aromatic nitrogens is 2. The average Bonchev–Trinajstić information content (AvgIpc) is 2.95. The van der Waals surface area contributed by atoms with Crippen LogP contribution < -0.4 is 10.9 Å². The number of aryl methyl sites for hydroxylation is 2. The number of nitrogens with zero attached hydrogens (tertiary/aromatic N) is 2. The smallest absolute Gasteiger partial charge is 0.267 e. The van der Waals surface area contributed by atoms with Crippen LogP contribution in [-0.4, -0.2) is 21.6 Å². The van der Waals surface area contributed by atoms with Gasteiger partial charge >= 0.3 is 0 Å². The summed E-state index contributed by atoms with van der Waals surface area (Å²) in [5.41, 5.74) is 6.92. The van der Waals surface area contributed by atoms with Crippen LogP contribution >= 0.6 is 11.6 Å². The number of hydrogen-bond donors (Lipinski definition) is 2. The Kier molecular flexibility index (Phi) is 5.75. The van der Waals surface area contributed by atoms with Gasteiger partial charge in [0.2, 0.25) is 0 Å². The molecule has 3 rings (SSSR count). The van der Waals surface area contributed by atoms with Crippen LogP contribution in [0.2, 0.25) is 5.15 Å². The Balaban J connectivity index is 1.72. The Bertz CT molecular complexity index is 1030. The fourth-order valence-corrected chi connectivity index (χ4v) is 2.99. The second-order valence-electron chi connectivity index (χ2n) is 6.28. The number of carbonyl (C=O) groups is 2. The first kappa shape index (κ1) is 19.6. The van der Waals surface area contributed by atoms with Crippen LogP contribution in [0.5, 0.6) is 0 Å². The van der Waals surface area contributed by atoms with Crippen molar-refractivity contribution in [2.24, 2.45) is 0 Å². The summed E-state index contributed by atoms with van der Waals surface area (Å²) < 4.78 is 15.2. The van der Waals surface area contributed by atoms with Crippen molar-refractivity contribution in [2.45, 2.75) is 20.4 Å². The quantitative estimate of drug-likeness (QED) is 0.659. The van der Waals surface area contributed by atoms with Gasteiger partial charge in [0.05, 0.1) is 17.8 Å². The predicted octanol–water partition coefficient (Wildman–Crippen LogP) is 3.42. The summed E-state index contributed by atoms with van der Waals surface area (Å²) >= 11 is 6.33. The molecular formula is C20H18ClFN4O2. The van der Waals surface area contributed by atoms with Gasteiger partial charge in [0, 0.05) is 0 Å². The zero-order chi connectivity index (χ0) is 20.3. The highest BCUT2D eigenvalue weighted by Gasteiger charge is 2.21. The molecule has 0 aliphatic heterocycles. The van der Waals surface area contributed by atoms with Crippen molar-refractivity contribution in [1.82, 2.24) is 20.6 Å². The number of nitrogens with one attached hydrogen (secondary N) is 2. The molecule has 0 saturated carbocycles. The van der Waals surface area contributed by atoms with E-state index in [2.05, 4.69) is 16.0 Å². The summed E-state index contributed by atoms with van der Waals surface area (Å²) in [7, 11) is 0. The van der Waals surface area contributed by atoms with E-state index in [9.17, 15) is 14.0 Å². The molecular weight excluding hydrogens is 383 g/mol. The van der Waals surface area contributed by atoms with Gasteiger partial charge in [-0.05, 0) is 31.5 Å². The van der Waals surface area contributed by atoms with Crippen LogP contribution in [0.15, 0.2) is 48.5 Å². The van der Waals surface area contributed by atoms with E-state index < -0.39 is 17.6 Å². The van der Waals surface area contributed by atoms with Crippen molar-refractivity contribution in [3.05, 3.63) is 87.4 Å². The second-order valence-corrected chi connectivity index (χ2v) is 6.64. The Morgan fingerprint density at radius 1 is 1.04 bits per heavy atom. The molecule has 0 radical (unpaired) electrons. The molecule has 0 aliphatic rings. The van der Waals surface area contributed by atoms with Crippen LogP contribution in [0.1, 0.15) is 37.5 Å².